The molecule has 0 bridgehead atoms. The molecule has 0 spiro atoms. The van der Waals surface area contributed by atoms with E-state index in [2.05, 4.69) is 31.3 Å². The summed E-state index contributed by atoms with van der Waals surface area (Å²) in [4.78, 5) is 0. The van der Waals surface area contributed by atoms with Crippen LogP contribution in [0.15, 0.2) is 24.3 Å². The van der Waals surface area contributed by atoms with E-state index < -0.39 is 0 Å². The molecule has 3 heteroatoms. The Morgan fingerprint density at radius 2 is 1.83 bits per heavy atom. The Morgan fingerprint density at radius 3 is 2.33 bits per heavy atom. The largest absolute Gasteiger partial charge is 0.494 e. The van der Waals surface area contributed by atoms with E-state index >= 15 is 0 Å². The van der Waals surface area contributed by atoms with Crippen LogP contribution >= 0.6 is 0 Å². The maximum atomic E-state index is 5.65. The first kappa shape index (κ1) is 15.0. The fraction of sp³-hybridized carbons (Fsp3) is 0.600. The van der Waals surface area contributed by atoms with Gasteiger partial charge in [-0.05, 0) is 45.0 Å². The number of likely N-dealkylation sites (N-methyl/N-ethyl adjacent to an activating group) is 1. The molecule has 1 aromatic rings. The number of hydrogen-bond donors (Lipinski definition) is 1. The van der Waals surface area contributed by atoms with Crippen LogP contribution < -0.4 is 10.1 Å². The molecule has 3 nitrogen and oxygen atoms in total. The smallest absolute Gasteiger partial charge is 0.119 e. The first-order valence-corrected chi connectivity index (χ1v) is 6.74. The van der Waals surface area contributed by atoms with Gasteiger partial charge in [0.15, 0.2) is 0 Å². The second-order valence-corrected chi connectivity index (χ2v) is 4.34. The second kappa shape index (κ2) is 8.11. The summed E-state index contributed by atoms with van der Waals surface area (Å²) in [6, 6.07) is 8.45. The van der Waals surface area contributed by atoms with Crippen LogP contribution in [0.1, 0.15) is 38.8 Å². The SMILES string of the molecule is CCCOc1ccc(C(NC)C(C)OCC)cc1. The molecule has 0 saturated heterocycles. The van der Waals surface area contributed by atoms with Crippen LogP contribution in [0.25, 0.3) is 0 Å². The standard InChI is InChI=1S/C15H25NO2/c1-5-11-18-14-9-7-13(8-10-14)15(16-4)12(3)17-6-2/h7-10,12,15-16H,5-6,11H2,1-4H3. The average molecular weight is 251 g/mol. The fourth-order valence-corrected chi connectivity index (χ4v) is 2.02. The van der Waals surface area contributed by atoms with Crippen LogP contribution in [0.5, 0.6) is 5.75 Å². The van der Waals surface area contributed by atoms with Crippen LogP contribution in [-0.2, 0) is 4.74 Å². The quantitative estimate of drug-likeness (QED) is 0.770. The summed E-state index contributed by atoms with van der Waals surface area (Å²) in [6.45, 7) is 7.72. The van der Waals surface area contributed by atoms with Gasteiger partial charge in [-0.25, -0.2) is 0 Å². The van der Waals surface area contributed by atoms with E-state index in [1.807, 2.05) is 26.1 Å². The van der Waals surface area contributed by atoms with Crippen molar-refractivity contribution in [2.45, 2.75) is 39.3 Å². The summed E-state index contributed by atoms with van der Waals surface area (Å²) >= 11 is 0. The average Bonchev–Trinajstić information content (AvgIpc) is 2.39. The predicted octanol–water partition coefficient (Wildman–Crippen LogP) is 3.16. The normalized spacial score (nSPS) is 14.2. The highest BCUT2D eigenvalue weighted by atomic mass is 16.5. The monoisotopic (exact) mass is 251 g/mol. The van der Waals surface area contributed by atoms with Gasteiger partial charge in [-0.15, -0.1) is 0 Å². The maximum absolute atomic E-state index is 5.65. The van der Waals surface area contributed by atoms with Gasteiger partial charge < -0.3 is 14.8 Å². The molecule has 2 atom stereocenters. The molecule has 0 radical (unpaired) electrons. The fourth-order valence-electron chi connectivity index (χ4n) is 2.02. The summed E-state index contributed by atoms with van der Waals surface area (Å²) in [5.74, 6) is 0.930. The zero-order chi connectivity index (χ0) is 13.4. The van der Waals surface area contributed by atoms with Crippen molar-refractivity contribution in [2.24, 2.45) is 0 Å². The minimum absolute atomic E-state index is 0.155. The van der Waals surface area contributed by atoms with Crippen LogP contribution in [-0.4, -0.2) is 26.4 Å². The molecule has 0 fully saturated rings. The van der Waals surface area contributed by atoms with Crippen LogP contribution in [0.2, 0.25) is 0 Å². The maximum Gasteiger partial charge on any atom is 0.119 e. The summed E-state index contributed by atoms with van der Waals surface area (Å²) in [5, 5.41) is 3.30. The highest BCUT2D eigenvalue weighted by Crippen LogP contribution is 2.21. The predicted molar refractivity (Wildman–Crippen MR) is 75.1 cm³/mol. The highest BCUT2D eigenvalue weighted by Gasteiger charge is 2.17. The topological polar surface area (TPSA) is 30.5 Å². The lowest BCUT2D eigenvalue weighted by Crippen LogP contribution is -2.29. The molecule has 0 aliphatic rings. The van der Waals surface area contributed by atoms with Crippen molar-refractivity contribution < 1.29 is 9.47 Å². The Labute approximate surface area is 110 Å². The molecular formula is C15H25NO2. The van der Waals surface area contributed by atoms with Crippen LogP contribution in [0.4, 0.5) is 0 Å². The number of hydrogen-bond acceptors (Lipinski definition) is 3. The van der Waals surface area contributed by atoms with Gasteiger partial charge in [0.25, 0.3) is 0 Å². The lowest BCUT2D eigenvalue weighted by atomic mass is 10.0. The van der Waals surface area contributed by atoms with E-state index in [9.17, 15) is 0 Å². The van der Waals surface area contributed by atoms with E-state index in [0.717, 1.165) is 25.4 Å². The van der Waals surface area contributed by atoms with Crippen LogP contribution in [0, 0.1) is 0 Å². The van der Waals surface area contributed by atoms with Crippen molar-refractivity contribution in [3.63, 3.8) is 0 Å². The molecule has 0 aromatic heterocycles. The summed E-state index contributed by atoms with van der Waals surface area (Å²) in [7, 11) is 1.96. The third kappa shape index (κ3) is 4.31. The summed E-state index contributed by atoms with van der Waals surface area (Å²) in [6.07, 6.45) is 1.19. The van der Waals surface area contributed by atoms with Gasteiger partial charge >= 0.3 is 0 Å². The Hall–Kier alpha value is -1.06. The first-order chi connectivity index (χ1) is 8.72. The Balaban J connectivity index is 2.69. The number of ether oxygens (including phenoxy) is 2. The summed E-state index contributed by atoms with van der Waals surface area (Å²) < 4.78 is 11.2. The van der Waals surface area contributed by atoms with Gasteiger partial charge in [0.05, 0.1) is 18.8 Å². The molecular weight excluding hydrogens is 226 g/mol. The van der Waals surface area contributed by atoms with Crippen molar-refractivity contribution in [1.29, 1.82) is 0 Å². The lowest BCUT2D eigenvalue weighted by Gasteiger charge is -2.24. The second-order valence-electron chi connectivity index (χ2n) is 4.34. The first-order valence-electron chi connectivity index (χ1n) is 6.74. The van der Waals surface area contributed by atoms with Crippen molar-refractivity contribution in [3.8, 4) is 5.75 Å². The number of benzene rings is 1. The summed E-state index contributed by atoms with van der Waals surface area (Å²) in [5.41, 5.74) is 1.22. The zero-order valence-electron chi connectivity index (χ0n) is 11.9. The van der Waals surface area contributed by atoms with E-state index in [1.54, 1.807) is 0 Å². The number of rotatable bonds is 8. The van der Waals surface area contributed by atoms with Crippen molar-refractivity contribution in [2.75, 3.05) is 20.3 Å². The van der Waals surface area contributed by atoms with Gasteiger partial charge in [-0.2, -0.15) is 0 Å². The minimum atomic E-state index is 0.155. The molecule has 102 valence electrons. The van der Waals surface area contributed by atoms with Crippen LogP contribution in [0.3, 0.4) is 0 Å². The molecule has 2 unspecified atom stereocenters. The molecule has 0 saturated carbocycles. The van der Waals surface area contributed by atoms with E-state index in [0.29, 0.717) is 0 Å². The number of nitrogens with one attached hydrogen (secondary N) is 1. The molecule has 1 rings (SSSR count). The minimum Gasteiger partial charge on any atom is -0.494 e. The van der Waals surface area contributed by atoms with Gasteiger partial charge in [-0.3, -0.25) is 0 Å². The molecule has 18 heavy (non-hydrogen) atoms. The Bertz CT molecular complexity index is 324. The van der Waals surface area contributed by atoms with Gasteiger partial charge in [0.2, 0.25) is 0 Å². The lowest BCUT2D eigenvalue weighted by molar-refractivity contribution is 0.0493. The molecule has 0 heterocycles. The molecule has 1 N–H and O–H groups in total. The van der Waals surface area contributed by atoms with Gasteiger partial charge in [-0.1, -0.05) is 19.1 Å². The Morgan fingerprint density at radius 1 is 1.17 bits per heavy atom. The van der Waals surface area contributed by atoms with E-state index in [1.165, 1.54) is 5.56 Å². The third-order valence-electron chi connectivity index (χ3n) is 2.92. The zero-order valence-corrected chi connectivity index (χ0v) is 11.9. The van der Waals surface area contributed by atoms with Crippen molar-refractivity contribution >= 4 is 0 Å². The van der Waals surface area contributed by atoms with Crippen molar-refractivity contribution in [1.82, 2.24) is 5.32 Å². The van der Waals surface area contributed by atoms with E-state index in [-0.39, 0.29) is 12.1 Å². The molecule has 0 aliphatic heterocycles. The van der Waals surface area contributed by atoms with Crippen molar-refractivity contribution in [3.05, 3.63) is 29.8 Å². The van der Waals surface area contributed by atoms with E-state index in [4.69, 9.17) is 9.47 Å². The molecule has 0 aliphatic carbocycles. The van der Waals surface area contributed by atoms with Gasteiger partial charge in [0, 0.05) is 6.61 Å². The highest BCUT2D eigenvalue weighted by molar-refractivity contribution is 5.29. The molecule has 1 aromatic carbocycles. The molecule has 0 amide bonds. The van der Waals surface area contributed by atoms with Gasteiger partial charge in [0.1, 0.15) is 5.75 Å². The third-order valence-corrected chi connectivity index (χ3v) is 2.92. The Kier molecular flexibility index (Phi) is 6.76.